The first-order chi connectivity index (χ1) is 9.42. The van der Waals surface area contributed by atoms with Crippen LogP contribution in [0.3, 0.4) is 0 Å². The molecule has 0 aromatic heterocycles. The summed E-state index contributed by atoms with van der Waals surface area (Å²) in [6.45, 7) is 3.69. The molecule has 1 heterocycles. The SMILES string of the molecule is COC(=O)C(C)(N)CC(C)Oc1ccc2c(c1)OCO2. The lowest BCUT2D eigenvalue weighted by atomic mass is 9.96. The van der Waals surface area contributed by atoms with Crippen molar-refractivity contribution in [2.75, 3.05) is 13.9 Å². The Balaban J connectivity index is 1.98. The van der Waals surface area contributed by atoms with E-state index in [0.717, 1.165) is 0 Å². The minimum atomic E-state index is -1.08. The van der Waals surface area contributed by atoms with Crippen molar-refractivity contribution in [1.29, 1.82) is 0 Å². The molecular weight excluding hydrogens is 262 g/mol. The van der Waals surface area contributed by atoms with Crippen LogP contribution in [0.4, 0.5) is 0 Å². The summed E-state index contributed by atoms with van der Waals surface area (Å²) in [4.78, 5) is 11.5. The first-order valence-corrected chi connectivity index (χ1v) is 6.36. The third-order valence-corrected chi connectivity index (χ3v) is 3.04. The van der Waals surface area contributed by atoms with Crippen molar-refractivity contribution < 1.29 is 23.7 Å². The summed E-state index contributed by atoms with van der Waals surface area (Å²) in [5.74, 6) is 1.53. The van der Waals surface area contributed by atoms with Crippen LogP contribution in [0.2, 0.25) is 0 Å². The maximum absolute atomic E-state index is 11.5. The van der Waals surface area contributed by atoms with Gasteiger partial charge in [-0.3, -0.25) is 4.79 Å². The van der Waals surface area contributed by atoms with Gasteiger partial charge < -0.3 is 24.7 Å². The fourth-order valence-corrected chi connectivity index (χ4v) is 2.14. The number of carbonyl (C=O) groups is 1. The number of hydrogen-bond acceptors (Lipinski definition) is 6. The van der Waals surface area contributed by atoms with E-state index < -0.39 is 11.5 Å². The van der Waals surface area contributed by atoms with Crippen molar-refractivity contribution in [3.63, 3.8) is 0 Å². The van der Waals surface area contributed by atoms with Gasteiger partial charge in [0.05, 0.1) is 13.2 Å². The Morgan fingerprint density at radius 1 is 1.45 bits per heavy atom. The molecule has 2 atom stereocenters. The Hall–Kier alpha value is -1.95. The van der Waals surface area contributed by atoms with Gasteiger partial charge in [0, 0.05) is 12.5 Å². The Bertz CT molecular complexity index is 500. The van der Waals surface area contributed by atoms with Crippen LogP contribution in [0.25, 0.3) is 0 Å². The minimum absolute atomic E-state index is 0.220. The summed E-state index contributed by atoms with van der Waals surface area (Å²) >= 11 is 0. The maximum atomic E-state index is 11.5. The number of esters is 1. The lowest BCUT2D eigenvalue weighted by Gasteiger charge is -2.25. The molecular formula is C14H19NO5. The summed E-state index contributed by atoms with van der Waals surface area (Å²) in [6.07, 6.45) is 0.0955. The lowest BCUT2D eigenvalue weighted by molar-refractivity contribution is -0.147. The Morgan fingerprint density at radius 3 is 2.85 bits per heavy atom. The van der Waals surface area contributed by atoms with Crippen LogP contribution in [0.5, 0.6) is 17.2 Å². The number of benzene rings is 1. The molecule has 2 unspecified atom stereocenters. The molecule has 0 spiro atoms. The molecule has 6 heteroatoms. The topological polar surface area (TPSA) is 80.0 Å². The molecule has 20 heavy (non-hydrogen) atoms. The molecule has 0 fully saturated rings. The molecule has 2 rings (SSSR count). The fraction of sp³-hybridized carbons (Fsp3) is 0.500. The maximum Gasteiger partial charge on any atom is 0.325 e. The van der Waals surface area contributed by atoms with E-state index in [1.807, 2.05) is 6.92 Å². The second-order valence-corrected chi connectivity index (χ2v) is 5.06. The molecule has 110 valence electrons. The van der Waals surface area contributed by atoms with Gasteiger partial charge in [-0.25, -0.2) is 0 Å². The normalized spacial score (nSPS) is 17.2. The summed E-state index contributed by atoms with van der Waals surface area (Å²) < 4.78 is 20.9. The van der Waals surface area contributed by atoms with Crippen molar-refractivity contribution in [3.8, 4) is 17.2 Å². The van der Waals surface area contributed by atoms with E-state index in [4.69, 9.17) is 19.9 Å². The second-order valence-electron chi connectivity index (χ2n) is 5.06. The van der Waals surface area contributed by atoms with E-state index in [9.17, 15) is 4.79 Å². The van der Waals surface area contributed by atoms with Crippen molar-refractivity contribution in [2.45, 2.75) is 31.9 Å². The number of methoxy groups -OCH3 is 1. The van der Waals surface area contributed by atoms with Crippen molar-refractivity contribution >= 4 is 5.97 Å². The molecule has 2 N–H and O–H groups in total. The van der Waals surface area contributed by atoms with Gasteiger partial charge >= 0.3 is 5.97 Å². The van der Waals surface area contributed by atoms with Crippen LogP contribution < -0.4 is 19.9 Å². The highest BCUT2D eigenvalue weighted by atomic mass is 16.7. The van der Waals surface area contributed by atoms with Crippen LogP contribution >= 0.6 is 0 Å². The number of hydrogen-bond donors (Lipinski definition) is 1. The van der Waals surface area contributed by atoms with E-state index in [0.29, 0.717) is 23.7 Å². The molecule has 1 aliphatic rings. The summed E-state index contributed by atoms with van der Waals surface area (Å²) in [5, 5.41) is 0. The monoisotopic (exact) mass is 281 g/mol. The number of rotatable bonds is 5. The molecule has 6 nitrogen and oxygen atoms in total. The third-order valence-electron chi connectivity index (χ3n) is 3.04. The van der Waals surface area contributed by atoms with Gasteiger partial charge in [0.2, 0.25) is 6.79 Å². The van der Waals surface area contributed by atoms with E-state index in [2.05, 4.69) is 4.74 Å². The van der Waals surface area contributed by atoms with Crippen LogP contribution in [-0.2, 0) is 9.53 Å². The van der Waals surface area contributed by atoms with Crippen molar-refractivity contribution in [1.82, 2.24) is 0 Å². The lowest BCUT2D eigenvalue weighted by Crippen LogP contribution is -2.48. The number of carbonyl (C=O) groups excluding carboxylic acids is 1. The van der Waals surface area contributed by atoms with Crippen molar-refractivity contribution in [3.05, 3.63) is 18.2 Å². The van der Waals surface area contributed by atoms with Gasteiger partial charge in [-0.15, -0.1) is 0 Å². The highest BCUT2D eigenvalue weighted by Gasteiger charge is 2.32. The Kier molecular flexibility index (Phi) is 4.04. The van der Waals surface area contributed by atoms with Gasteiger partial charge in [-0.05, 0) is 26.0 Å². The van der Waals surface area contributed by atoms with Crippen LogP contribution in [0, 0.1) is 0 Å². The first-order valence-electron chi connectivity index (χ1n) is 6.36. The fourth-order valence-electron chi connectivity index (χ4n) is 2.14. The molecule has 1 aromatic carbocycles. The Labute approximate surface area is 117 Å². The molecule has 0 radical (unpaired) electrons. The Morgan fingerprint density at radius 2 is 2.15 bits per heavy atom. The molecule has 1 aliphatic heterocycles. The standard InChI is InChI=1S/C14H19NO5/c1-9(7-14(2,15)13(16)17-3)20-10-4-5-11-12(6-10)19-8-18-11/h4-6,9H,7-8,15H2,1-3H3. The van der Waals surface area contributed by atoms with Gasteiger partial charge in [0.15, 0.2) is 11.5 Å². The van der Waals surface area contributed by atoms with Crippen LogP contribution in [0.1, 0.15) is 20.3 Å². The smallest absolute Gasteiger partial charge is 0.325 e. The quantitative estimate of drug-likeness (QED) is 0.823. The van der Waals surface area contributed by atoms with Gasteiger partial charge in [-0.2, -0.15) is 0 Å². The van der Waals surface area contributed by atoms with E-state index in [1.54, 1.807) is 25.1 Å². The van der Waals surface area contributed by atoms with Gasteiger partial charge in [-0.1, -0.05) is 0 Å². The predicted octanol–water partition coefficient (Wildman–Crippen LogP) is 1.46. The highest BCUT2D eigenvalue weighted by Crippen LogP contribution is 2.35. The summed E-state index contributed by atoms with van der Waals surface area (Å²) in [6, 6.07) is 5.33. The van der Waals surface area contributed by atoms with Crippen LogP contribution in [0.15, 0.2) is 18.2 Å². The molecule has 0 saturated heterocycles. The molecule has 0 bridgehead atoms. The predicted molar refractivity (Wildman–Crippen MR) is 71.9 cm³/mol. The average molecular weight is 281 g/mol. The molecule has 0 aliphatic carbocycles. The molecule has 0 saturated carbocycles. The third kappa shape index (κ3) is 3.14. The summed E-state index contributed by atoms with van der Waals surface area (Å²) in [7, 11) is 1.32. The van der Waals surface area contributed by atoms with E-state index in [-0.39, 0.29) is 12.9 Å². The zero-order valence-electron chi connectivity index (χ0n) is 11.8. The van der Waals surface area contributed by atoms with E-state index >= 15 is 0 Å². The van der Waals surface area contributed by atoms with Crippen LogP contribution in [-0.4, -0.2) is 31.5 Å². The van der Waals surface area contributed by atoms with Crippen molar-refractivity contribution in [2.24, 2.45) is 5.73 Å². The minimum Gasteiger partial charge on any atom is -0.490 e. The first kappa shape index (κ1) is 14.5. The zero-order chi connectivity index (χ0) is 14.8. The number of nitrogens with two attached hydrogens (primary N) is 1. The second kappa shape index (κ2) is 5.58. The molecule has 1 aromatic rings. The van der Waals surface area contributed by atoms with Gasteiger partial charge in [0.1, 0.15) is 11.3 Å². The van der Waals surface area contributed by atoms with Gasteiger partial charge in [0.25, 0.3) is 0 Å². The van der Waals surface area contributed by atoms with E-state index in [1.165, 1.54) is 7.11 Å². The highest BCUT2D eigenvalue weighted by molar-refractivity contribution is 5.79. The number of fused-ring (bicyclic) bond motifs is 1. The average Bonchev–Trinajstić information content (AvgIpc) is 2.84. The number of ether oxygens (including phenoxy) is 4. The zero-order valence-corrected chi connectivity index (χ0v) is 11.8. The molecule has 0 amide bonds. The largest absolute Gasteiger partial charge is 0.490 e. The summed E-state index contributed by atoms with van der Waals surface area (Å²) in [5.41, 5.74) is 4.84.